The molecule has 0 rings (SSSR count). The molecule has 2 N–H and O–H groups in total. The lowest BCUT2D eigenvalue weighted by molar-refractivity contribution is -0.139. The Labute approximate surface area is 97.8 Å². The highest BCUT2D eigenvalue weighted by Gasteiger charge is 2.17. The minimum atomic E-state index is -0.783. The highest BCUT2D eigenvalue weighted by molar-refractivity contribution is 5.73. The number of carbonyl (C=O) groups is 1. The normalized spacial score (nSPS) is 15.1. The molecule has 0 saturated carbocycles. The van der Waals surface area contributed by atoms with Gasteiger partial charge in [-0.05, 0) is 26.9 Å². The van der Waals surface area contributed by atoms with Gasteiger partial charge in [-0.25, -0.2) is 0 Å². The number of carboxylic acid groups (broad SMARTS) is 1. The standard InChI is InChI=1S/C11H24N2O3/c1-5-12-10(11(14)15)6-7-13(3)9(2)8-16-4/h9-10,12H,5-8H2,1-4H3,(H,14,15). The van der Waals surface area contributed by atoms with E-state index in [4.69, 9.17) is 9.84 Å². The molecule has 16 heavy (non-hydrogen) atoms. The van der Waals surface area contributed by atoms with Crippen LogP contribution in [0.5, 0.6) is 0 Å². The molecular formula is C11H24N2O3. The van der Waals surface area contributed by atoms with Gasteiger partial charge in [-0.1, -0.05) is 6.92 Å². The average molecular weight is 232 g/mol. The SMILES string of the molecule is CCNC(CCN(C)C(C)COC)C(=O)O. The predicted molar refractivity (Wildman–Crippen MR) is 63.7 cm³/mol. The number of methoxy groups -OCH3 is 1. The van der Waals surface area contributed by atoms with E-state index in [0.29, 0.717) is 25.6 Å². The van der Waals surface area contributed by atoms with E-state index in [2.05, 4.69) is 17.1 Å². The summed E-state index contributed by atoms with van der Waals surface area (Å²) in [6.45, 7) is 6.05. The first-order valence-electron chi connectivity index (χ1n) is 5.68. The predicted octanol–water partition coefficient (Wildman–Crippen LogP) is 0.406. The van der Waals surface area contributed by atoms with Crippen molar-refractivity contribution in [3.05, 3.63) is 0 Å². The number of nitrogens with zero attached hydrogens (tertiary/aromatic N) is 1. The molecule has 0 aliphatic carbocycles. The van der Waals surface area contributed by atoms with Gasteiger partial charge in [-0.15, -0.1) is 0 Å². The van der Waals surface area contributed by atoms with Crippen molar-refractivity contribution >= 4 is 5.97 Å². The third-order valence-electron chi connectivity index (χ3n) is 2.68. The van der Waals surface area contributed by atoms with Crippen molar-refractivity contribution in [2.24, 2.45) is 0 Å². The lowest BCUT2D eigenvalue weighted by Crippen LogP contribution is -2.41. The third kappa shape index (κ3) is 6.05. The fourth-order valence-electron chi connectivity index (χ4n) is 1.48. The zero-order chi connectivity index (χ0) is 12.6. The molecule has 96 valence electrons. The number of nitrogens with one attached hydrogen (secondary N) is 1. The largest absolute Gasteiger partial charge is 0.480 e. The molecular weight excluding hydrogens is 208 g/mol. The minimum absolute atomic E-state index is 0.307. The number of carboxylic acids is 1. The van der Waals surface area contributed by atoms with Gasteiger partial charge in [0.05, 0.1) is 6.61 Å². The molecule has 0 radical (unpaired) electrons. The quantitative estimate of drug-likeness (QED) is 0.603. The first-order chi connectivity index (χ1) is 7.52. The van der Waals surface area contributed by atoms with E-state index in [-0.39, 0.29) is 0 Å². The fourth-order valence-corrected chi connectivity index (χ4v) is 1.48. The van der Waals surface area contributed by atoms with Crippen LogP contribution >= 0.6 is 0 Å². The van der Waals surface area contributed by atoms with E-state index >= 15 is 0 Å². The monoisotopic (exact) mass is 232 g/mol. The molecule has 0 aromatic rings. The van der Waals surface area contributed by atoms with Crippen LogP contribution in [-0.4, -0.2) is 61.9 Å². The van der Waals surface area contributed by atoms with Crippen LogP contribution in [0.25, 0.3) is 0 Å². The van der Waals surface area contributed by atoms with Crippen molar-refractivity contribution in [2.45, 2.75) is 32.4 Å². The van der Waals surface area contributed by atoms with E-state index < -0.39 is 12.0 Å². The second-order valence-electron chi connectivity index (χ2n) is 4.02. The zero-order valence-corrected chi connectivity index (χ0v) is 10.7. The molecule has 5 heteroatoms. The maximum Gasteiger partial charge on any atom is 0.320 e. The summed E-state index contributed by atoms with van der Waals surface area (Å²) < 4.78 is 5.05. The Kier molecular flexibility index (Phi) is 8.15. The molecule has 2 atom stereocenters. The summed E-state index contributed by atoms with van der Waals surface area (Å²) in [5.41, 5.74) is 0. The van der Waals surface area contributed by atoms with Gasteiger partial charge in [0.15, 0.2) is 0 Å². The summed E-state index contributed by atoms with van der Waals surface area (Å²) in [6.07, 6.45) is 0.605. The maximum absolute atomic E-state index is 10.9. The first kappa shape index (κ1) is 15.3. The molecule has 0 bridgehead atoms. The summed E-state index contributed by atoms with van der Waals surface area (Å²) in [6, 6.07) is -0.150. The van der Waals surface area contributed by atoms with E-state index in [1.54, 1.807) is 7.11 Å². The Bertz CT molecular complexity index is 200. The van der Waals surface area contributed by atoms with Crippen LogP contribution in [0.1, 0.15) is 20.3 Å². The van der Waals surface area contributed by atoms with E-state index in [1.165, 1.54) is 0 Å². The molecule has 0 aliphatic heterocycles. The lowest BCUT2D eigenvalue weighted by atomic mass is 10.2. The fraction of sp³-hybridized carbons (Fsp3) is 0.909. The number of aliphatic carboxylic acids is 1. The second kappa shape index (κ2) is 8.50. The van der Waals surface area contributed by atoms with Gasteiger partial charge in [-0.2, -0.15) is 0 Å². The Balaban J connectivity index is 3.94. The summed E-state index contributed by atoms with van der Waals surface area (Å²) in [7, 11) is 3.65. The van der Waals surface area contributed by atoms with Crippen molar-refractivity contribution in [1.82, 2.24) is 10.2 Å². The van der Waals surface area contributed by atoms with E-state index in [1.807, 2.05) is 14.0 Å². The summed E-state index contributed by atoms with van der Waals surface area (Å²) in [4.78, 5) is 13.0. The molecule has 0 amide bonds. The van der Waals surface area contributed by atoms with Gasteiger partial charge in [-0.3, -0.25) is 4.79 Å². The van der Waals surface area contributed by atoms with E-state index in [9.17, 15) is 4.79 Å². The molecule has 0 spiro atoms. The Morgan fingerprint density at radius 1 is 1.56 bits per heavy atom. The highest BCUT2D eigenvalue weighted by Crippen LogP contribution is 2.00. The smallest absolute Gasteiger partial charge is 0.320 e. The zero-order valence-electron chi connectivity index (χ0n) is 10.7. The maximum atomic E-state index is 10.9. The van der Waals surface area contributed by atoms with Gasteiger partial charge >= 0.3 is 5.97 Å². The topological polar surface area (TPSA) is 61.8 Å². The summed E-state index contributed by atoms with van der Waals surface area (Å²) in [5.74, 6) is -0.783. The van der Waals surface area contributed by atoms with Gasteiger partial charge in [0.1, 0.15) is 6.04 Å². The summed E-state index contributed by atoms with van der Waals surface area (Å²) >= 11 is 0. The number of likely N-dealkylation sites (N-methyl/N-ethyl adjacent to an activating group) is 2. The average Bonchev–Trinajstić information content (AvgIpc) is 2.23. The van der Waals surface area contributed by atoms with Gasteiger partial charge in [0.25, 0.3) is 0 Å². The van der Waals surface area contributed by atoms with Crippen molar-refractivity contribution in [3.63, 3.8) is 0 Å². The Morgan fingerprint density at radius 2 is 2.19 bits per heavy atom. The third-order valence-corrected chi connectivity index (χ3v) is 2.68. The summed E-state index contributed by atoms with van der Waals surface area (Å²) in [5, 5.41) is 11.9. The van der Waals surface area contributed by atoms with E-state index in [0.717, 1.165) is 6.54 Å². The van der Waals surface area contributed by atoms with Crippen LogP contribution in [0, 0.1) is 0 Å². The van der Waals surface area contributed by atoms with Crippen LogP contribution in [0.4, 0.5) is 0 Å². The van der Waals surface area contributed by atoms with Gasteiger partial charge in [0.2, 0.25) is 0 Å². The minimum Gasteiger partial charge on any atom is -0.480 e. The second-order valence-corrected chi connectivity index (χ2v) is 4.02. The number of rotatable bonds is 9. The van der Waals surface area contributed by atoms with Crippen LogP contribution in [-0.2, 0) is 9.53 Å². The molecule has 2 unspecified atom stereocenters. The Hall–Kier alpha value is -0.650. The van der Waals surface area contributed by atoms with Crippen LogP contribution in [0.15, 0.2) is 0 Å². The highest BCUT2D eigenvalue weighted by atomic mass is 16.5. The number of hydrogen-bond acceptors (Lipinski definition) is 4. The molecule has 0 heterocycles. The first-order valence-corrected chi connectivity index (χ1v) is 5.68. The van der Waals surface area contributed by atoms with Gasteiger partial charge in [0, 0.05) is 19.7 Å². The van der Waals surface area contributed by atoms with Crippen molar-refractivity contribution in [3.8, 4) is 0 Å². The van der Waals surface area contributed by atoms with Crippen LogP contribution in [0.3, 0.4) is 0 Å². The molecule has 0 aromatic heterocycles. The van der Waals surface area contributed by atoms with Crippen LogP contribution in [0.2, 0.25) is 0 Å². The molecule has 5 nitrogen and oxygen atoms in total. The molecule has 0 fully saturated rings. The Morgan fingerprint density at radius 3 is 2.62 bits per heavy atom. The van der Waals surface area contributed by atoms with Crippen LogP contribution < -0.4 is 5.32 Å². The number of hydrogen-bond donors (Lipinski definition) is 2. The molecule has 0 saturated heterocycles. The molecule has 0 aliphatic rings. The van der Waals surface area contributed by atoms with Crippen molar-refractivity contribution in [2.75, 3.05) is 33.9 Å². The van der Waals surface area contributed by atoms with Gasteiger partial charge < -0.3 is 20.1 Å². The molecule has 0 aromatic carbocycles. The lowest BCUT2D eigenvalue weighted by Gasteiger charge is -2.25. The van der Waals surface area contributed by atoms with Crippen molar-refractivity contribution < 1.29 is 14.6 Å². The van der Waals surface area contributed by atoms with Crippen molar-refractivity contribution in [1.29, 1.82) is 0 Å². The number of ether oxygens (including phenoxy) is 1.